The summed E-state index contributed by atoms with van der Waals surface area (Å²) in [6.45, 7) is 3.12. The van der Waals surface area contributed by atoms with Gasteiger partial charge in [-0.1, -0.05) is 44.2 Å². The van der Waals surface area contributed by atoms with Crippen molar-refractivity contribution >= 4 is 23.8 Å². The van der Waals surface area contributed by atoms with Crippen molar-refractivity contribution in [3.05, 3.63) is 35.9 Å². The third-order valence-electron chi connectivity index (χ3n) is 5.29. The van der Waals surface area contributed by atoms with E-state index in [1.807, 2.05) is 49.5 Å². The third kappa shape index (κ3) is 6.50. The first-order valence-corrected chi connectivity index (χ1v) is 10.3. The van der Waals surface area contributed by atoms with Crippen molar-refractivity contribution < 1.29 is 29.5 Å². The number of imide groups is 1. The van der Waals surface area contributed by atoms with E-state index in [2.05, 4.69) is 5.43 Å². The number of rotatable bonds is 11. The SMILES string of the molecule is CC(C)C[C@@H](C(=O)NN1C(=O)NC(=O)[C@@H]1CO)[C@H](CCCc1ccccc1)C(=O)NO. The van der Waals surface area contributed by atoms with Crippen LogP contribution in [0.3, 0.4) is 0 Å². The Kier molecular flexibility index (Phi) is 8.95. The molecule has 5 amide bonds. The molecule has 10 heteroatoms. The molecule has 1 aliphatic rings. The van der Waals surface area contributed by atoms with E-state index in [9.17, 15) is 29.5 Å². The highest BCUT2D eigenvalue weighted by Crippen LogP contribution is 2.27. The van der Waals surface area contributed by atoms with E-state index in [4.69, 9.17) is 0 Å². The number of urea groups is 1. The number of aliphatic hydroxyl groups excluding tert-OH is 1. The topological polar surface area (TPSA) is 148 Å². The molecule has 5 N–H and O–H groups in total. The molecule has 0 unspecified atom stereocenters. The van der Waals surface area contributed by atoms with Crippen LogP contribution in [0, 0.1) is 17.8 Å². The Bertz CT molecular complexity index is 785. The van der Waals surface area contributed by atoms with E-state index in [1.54, 1.807) is 5.48 Å². The number of aliphatic hydroxyl groups is 1. The van der Waals surface area contributed by atoms with Gasteiger partial charge < -0.3 is 5.11 Å². The Hall–Kier alpha value is -2.98. The predicted molar refractivity (Wildman–Crippen MR) is 110 cm³/mol. The lowest BCUT2D eigenvalue weighted by atomic mass is 9.81. The quantitative estimate of drug-likeness (QED) is 0.197. The molecule has 1 aliphatic heterocycles. The Morgan fingerprint density at radius 2 is 1.81 bits per heavy atom. The fourth-order valence-corrected chi connectivity index (χ4v) is 3.73. The number of carbonyl (C=O) groups is 4. The van der Waals surface area contributed by atoms with Crippen LogP contribution in [0.25, 0.3) is 0 Å². The number of hydroxylamine groups is 1. The van der Waals surface area contributed by atoms with Gasteiger partial charge in [-0.05, 0) is 37.2 Å². The molecule has 2 rings (SSSR count). The molecule has 0 saturated carbocycles. The minimum atomic E-state index is -1.24. The largest absolute Gasteiger partial charge is 0.394 e. The number of hydrogen-bond donors (Lipinski definition) is 5. The summed E-state index contributed by atoms with van der Waals surface area (Å²) in [5, 5.41) is 21.4. The summed E-state index contributed by atoms with van der Waals surface area (Å²) in [7, 11) is 0. The van der Waals surface area contributed by atoms with Gasteiger partial charge in [0.2, 0.25) is 11.8 Å². The van der Waals surface area contributed by atoms with Crippen LogP contribution in [0.15, 0.2) is 30.3 Å². The molecule has 0 bridgehead atoms. The van der Waals surface area contributed by atoms with E-state index in [0.29, 0.717) is 25.7 Å². The second-order valence-corrected chi connectivity index (χ2v) is 8.04. The van der Waals surface area contributed by atoms with Crippen molar-refractivity contribution in [2.45, 2.75) is 45.6 Å². The van der Waals surface area contributed by atoms with E-state index in [-0.39, 0.29) is 5.92 Å². The van der Waals surface area contributed by atoms with Crippen LogP contribution < -0.4 is 16.2 Å². The number of nitrogens with one attached hydrogen (secondary N) is 3. The number of nitrogens with zero attached hydrogens (tertiary/aromatic N) is 1. The van der Waals surface area contributed by atoms with Gasteiger partial charge in [-0.25, -0.2) is 15.3 Å². The van der Waals surface area contributed by atoms with Crippen molar-refractivity contribution in [3.63, 3.8) is 0 Å². The summed E-state index contributed by atoms with van der Waals surface area (Å²) >= 11 is 0. The predicted octanol–water partition coefficient (Wildman–Crippen LogP) is 0.737. The van der Waals surface area contributed by atoms with Gasteiger partial charge in [-0.3, -0.25) is 30.3 Å². The number of hydrogen-bond acceptors (Lipinski definition) is 6. The standard InChI is InChI=1S/C21H30N4O6/c1-13(2)11-16(18(27)23-25-17(12-26)20(29)22-21(25)30)15(19(28)24-31)10-6-9-14-7-4-3-5-8-14/h3-5,7-8,13,15-17,26,31H,6,9-12H2,1-2H3,(H,23,27)(H,24,28)(H,22,29,30)/t15-,16+,17-/m0/s1. The van der Waals surface area contributed by atoms with Gasteiger partial charge in [0.1, 0.15) is 0 Å². The monoisotopic (exact) mass is 434 g/mol. The zero-order valence-electron chi connectivity index (χ0n) is 17.7. The highest BCUT2D eigenvalue weighted by Gasteiger charge is 2.42. The maximum absolute atomic E-state index is 13.1. The molecule has 0 radical (unpaired) electrons. The van der Waals surface area contributed by atoms with Crippen LogP contribution in [0.2, 0.25) is 0 Å². The van der Waals surface area contributed by atoms with Gasteiger partial charge in [-0.2, -0.15) is 0 Å². The Labute approximate surface area is 180 Å². The number of amides is 5. The van der Waals surface area contributed by atoms with Crippen LogP contribution in [-0.2, 0) is 20.8 Å². The minimum Gasteiger partial charge on any atom is -0.394 e. The van der Waals surface area contributed by atoms with Crippen molar-refractivity contribution in [2.24, 2.45) is 17.8 Å². The van der Waals surface area contributed by atoms with Gasteiger partial charge in [-0.15, -0.1) is 0 Å². The molecule has 170 valence electrons. The zero-order valence-corrected chi connectivity index (χ0v) is 17.7. The van der Waals surface area contributed by atoms with Crippen molar-refractivity contribution in [2.75, 3.05) is 6.61 Å². The molecule has 1 aromatic carbocycles. The van der Waals surface area contributed by atoms with Crippen molar-refractivity contribution in [1.29, 1.82) is 0 Å². The lowest BCUT2D eigenvalue weighted by Crippen LogP contribution is -2.53. The van der Waals surface area contributed by atoms with Gasteiger partial charge in [0.25, 0.3) is 5.91 Å². The second kappa shape index (κ2) is 11.4. The molecular weight excluding hydrogens is 404 g/mol. The molecule has 0 aromatic heterocycles. The van der Waals surface area contributed by atoms with Crippen LogP contribution in [0.1, 0.15) is 38.7 Å². The summed E-state index contributed by atoms with van der Waals surface area (Å²) in [6, 6.07) is 7.60. The first-order chi connectivity index (χ1) is 14.8. The van der Waals surface area contributed by atoms with Gasteiger partial charge in [0.15, 0.2) is 6.04 Å². The third-order valence-corrected chi connectivity index (χ3v) is 5.29. The lowest BCUT2D eigenvalue weighted by Gasteiger charge is -2.29. The molecular formula is C21H30N4O6. The number of benzene rings is 1. The fourth-order valence-electron chi connectivity index (χ4n) is 3.73. The average molecular weight is 434 g/mol. The normalized spacial score (nSPS) is 18.0. The lowest BCUT2D eigenvalue weighted by molar-refractivity contribution is -0.143. The number of hydrazine groups is 1. The molecule has 1 fully saturated rings. The summed E-state index contributed by atoms with van der Waals surface area (Å²) in [6.07, 6.45) is 1.96. The maximum atomic E-state index is 13.1. The molecule has 0 spiro atoms. The van der Waals surface area contributed by atoms with Gasteiger partial charge >= 0.3 is 6.03 Å². The van der Waals surface area contributed by atoms with Crippen LogP contribution >= 0.6 is 0 Å². The van der Waals surface area contributed by atoms with Crippen molar-refractivity contribution in [1.82, 2.24) is 21.2 Å². The molecule has 10 nitrogen and oxygen atoms in total. The van der Waals surface area contributed by atoms with Gasteiger partial charge in [0.05, 0.1) is 18.4 Å². The molecule has 3 atom stereocenters. The molecule has 1 heterocycles. The summed E-state index contributed by atoms with van der Waals surface area (Å²) < 4.78 is 0. The number of aryl methyl sites for hydroxylation is 1. The number of carbonyl (C=O) groups excluding carboxylic acids is 4. The van der Waals surface area contributed by atoms with E-state index < -0.39 is 48.2 Å². The maximum Gasteiger partial charge on any atom is 0.343 e. The van der Waals surface area contributed by atoms with Crippen LogP contribution in [0.5, 0.6) is 0 Å². The molecule has 1 aromatic rings. The van der Waals surface area contributed by atoms with E-state index >= 15 is 0 Å². The smallest absolute Gasteiger partial charge is 0.343 e. The summed E-state index contributed by atoms with van der Waals surface area (Å²) in [4.78, 5) is 49.2. The molecule has 31 heavy (non-hydrogen) atoms. The summed E-state index contributed by atoms with van der Waals surface area (Å²) in [5.74, 6) is -3.70. The highest BCUT2D eigenvalue weighted by molar-refractivity contribution is 6.05. The van der Waals surface area contributed by atoms with Gasteiger partial charge in [0, 0.05) is 0 Å². The zero-order chi connectivity index (χ0) is 23.0. The first kappa shape index (κ1) is 24.3. The fraction of sp³-hybridized carbons (Fsp3) is 0.524. The summed E-state index contributed by atoms with van der Waals surface area (Å²) in [5.41, 5.74) is 5.11. The minimum absolute atomic E-state index is 0.0431. The van der Waals surface area contributed by atoms with Crippen LogP contribution in [-0.4, -0.2) is 51.7 Å². The molecule has 0 aliphatic carbocycles. The Morgan fingerprint density at radius 1 is 1.13 bits per heavy atom. The molecule has 1 saturated heterocycles. The van der Waals surface area contributed by atoms with E-state index in [1.165, 1.54) is 0 Å². The average Bonchev–Trinajstić information content (AvgIpc) is 3.01. The highest BCUT2D eigenvalue weighted by atomic mass is 16.5. The Morgan fingerprint density at radius 3 is 2.39 bits per heavy atom. The van der Waals surface area contributed by atoms with E-state index in [0.717, 1.165) is 10.6 Å². The second-order valence-electron chi connectivity index (χ2n) is 8.04. The first-order valence-electron chi connectivity index (χ1n) is 10.3. The van der Waals surface area contributed by atoms with Crippen molar-refractivity contribution in [3.8, 4) is 0 Å². The Balaban J connectivity index is 2.15. The van der Waals surface area contributed by atoms with Crippen LogP contribution in [0.4, 0.5) is 4.79 Å².